The number of hydrogen-bond acceptors (Lipinski definition) is 5. The molecule has 0 N–H and O–H groups in total. The number of nitrogens with zero attached hydrogens (tertiary/aromatic N) is 1. The Morgan fingerprint density at radius 2 is 1.64 bits per heavy atom. The van der Waals surface area contributed by atoms with Crippen LogP contribution in [0.4, 0.5) is 0 Å². The van der Waals surface area contributed by atoms with E-state index in [1.54, 1.807) is 18.2 Å². The molecule has 1 aromatic rings. The number of ether oxygens (including phenoxy) is 1. The number of benzene rings is 1. The summed E-state index contributed by atoms with van der Waals surface area (Å²) >= 11 is 0. The average molecular weight is 367 g/mol. The fraction of sp³-hybridized carbons (Fsp3) is 0.647. The van der Waals surface area contributed by atoms with Gasteiger partial charge in [-0.05, 0) is 58.1 Å². The van der Waals surface area contributed by atoms with Gasteiger partial charge in [0.2, 0.25) is 10.0 Å². The smallest absolute Gasteiger partial charge is 0.494 e. The number of sulfonamides is 1. The topological polar surface area (TPSA) is 65.1 Å². The molecule has 0 amide bonds. The minimum Gasteiger partial charge on any atom is -0.495 e. The highest BCUT2D eigenvalue weighted by Crippen LogP contribution is 2.37. The fourth-order valence-corrected chi connectivity index (χ4v) is 4.80. The lowest BCUT2D eigenvalue weighted by molar-refractivity contribution is 0.00578. The van der Waals surface area contributed by atoms with Crippen LogP contribution in [0.25, 0.3) is 0 Å². The first-order valence-electron chi connectivity index (χ1n) is 8.62. The Balaban J connectivity index is 1.99. The Bertz CT molecular complexity index is 740. The third-order valence-electron chi connectivity index (χ3n) is 5.40. The van der Waals surface area contributed by atoms with Crippen LogP contribution < -0.4 is 10.2 Å². The molecule has 0 aliphatic carbocycles. The molecule has 0 spiro atoms. The summed E-state index contributed by atoms with van der Waals surface area (Å²) in [4.78, 5) is 0.170. The van der Waals surface area contributed by atoms with Gasteiger partial charge in [-0.1, -0.05) is 6.07 Å². The van der Waals surface area contributed by atoms with Crippen molar-refractivity contribution in [3.05, 3.63) is 18.2 Å². The van der Waals surface area contributed by atoms with E-state index >= 15 is 0 Å². The largest absolute Gasteiger partial charge is 0.495 e. The van der Waals surface area contributed by atoms with Gasteiger partial charge < -0.3 is 14.0 Å². The van der Waals surface area contributed by atoms with Crippen molar-refractivity contribution in [2.75, 3.05) is 20.2 Å². The highest BCUT2D eigenvalue weighted by molar-refractivity contribution is 7.89. The standard InChI is InChI=1S/C17H26BNO5S/c1-16(2)17(3,4)24-18(23-16)13-8-9-14(22-5)15(12-13)25(20,21)19-10-6-7-11-19/h8-9,12H,6-7,10-11H2,1-5H3. The normalized spacial score (nSPS) is 23.2. The van der Waals surface area contributed by atoms with Gasteiger partial charge in [0.1, 0.15) is 10.6 Å². The molecule has 8 heteroatoms. The van der Waals surface area contributed by atoms with Crippen LogP contribution in [0.3, 0.4) is 0 Å². The van der Waals surface area contributed by atoms with Crippen LogP contribution in [0.5, 0.6) is 5.75 Å². The predicted molar refractivity (Wildman–Crippen MR) is 96.7 cm³/mol. The lowest BCUT2D eigenvalue weighted by atomic mass is 9.79. The molecule has 3 rings (SSSR count). The summed E-state index contributed by atoms with van der Waals surface area (Å²) in [7, 11) is -2.72. The van der Waals surface area contributed by atoms with Crippen molar-refractivity contribution in [2.24, 2.45) is 0 Å². The molecular formula is C17H26BNO5S. The van der Waals surface area contributed by atoms with E-state index in [4.69, 9.17) is 14.0 Å². The van der Waals surface area contributed by atoms with Crippen molar-refractivity contribution in [2.45, 2.75) is 56.6 Å². The van der Waals surface area contributed by atoms with E-state index < -0.39 is 28.3 Å². The molecule has 25 heavy (non-hydrogen) atoms. The summed E-state index contributed by atoms with van der Waals surface area (Å²) in [5.74, 6) is 0.340. The van der Waals surface area contributed by atoms with Crippen LogP contribution in [-0.4, -0.2) is 51.2 Å². The lowest BCUT2D eigenvalue weighted by Crippen LogP contribution is -2.41. The van der Waals surface area contributed by atoms with Crippen molar-refractivity contribution in [3.8, 4) is 5.75 Å². The molecule has 0 saturated carbocycles. The van der Waals surface area contributed by atoms with Gasteiger partial charge in [-0.25, -0.2) is 8.42 Å². The van der Waals surface area contributed by atoms with Gasteiger partial charge in [0.05, 0.1) is 18.3 Å². The molecule has 2 heterocycles. The summed E-state index contributed by atoms with van der Waals surface area (Å²) in [5, 5.41) is 0. The zero-order valence-electron chi connectivity index (χ0n) is 15.5. The Hall–Kier alpha value is -1.09. The van der Waals surface area contributed by atoms with Gasteiger partial charge in [-0.3, -0.25) is 0 Å². The predicted octanol–water partition coefficient (Wildman–Crippen LogP) is 1.78. The Kier molecular flexibility index (Phi) is 4.69. The highest BCUT2D eigenvalue weighted by atomic mass is 32.2. The minimum atomic E-state index is -3.59. The quantitative estimate of drug-likeness (QED) is 0.759. The van der Waals surface area contributed by atoms with Gasteiger partial charge in [0.15, 0.2) is 0 Å². The molecule has 2 aliphatic rings. The summed E-state index contributed by atoms with van der Waals surface area (Å²) in [6, 6.07) is 5.09. The van der Waals surface area contributed by atoms with Crippen molar-refractivity contribution < 1.29 is 22.5 Å². The highest BCUT2D eigenvalue weighted by Gasteiger charge is 2.52. The maximum atomic E-state index is 13.0. The summed E-state index contributed by atoms with van der Waals surface area (Å²) in [6.45, 7) is 8.98. The van der Waals surface area contributed by atoms with E-state index in [1.807, 2.05) is 27.7 Å². The second kappa shape index (κ2) is 6.26. The van der Waals surface area contributed by atoms with E-state index in [0.29, 0.717) is 24.3 Å². The molecule has 2 fully saturated rings. The van der Waals surface area contributed by atoms with Crippen LogP contribution in [0.2, 0.25) is 0 Å². The SMILES string of the molecule is COc1ccc(B2OC(C)(C)C(C)(C)O2)cc1S(=O)(=O)N1CCCC1. The molecule has 138 valence electrons. The molecule has 2 aliphatic heterocycles. The van der Waals surface area contributed by atoms with E-state index in [2.05, 4.69) is 0 Å². The Labute approximate surface area is 150 Å². The zero-order chi connectivity index (χ0) is 18.5. The fourth-order valence-electron chi connectivity index (χ4n) is 3.09. The Morgan fingerprint density at radius 1 is 1.08 bits per heavy atom. The molecule has 1 aromatic carbocycles. The molecule has 2 saturated heterocycles. The van der Waals surface area contributed by atoms with Crippen molar-refractivity contribution in [1.29, 1.82) is 0 Å². The van der Waals surface area contributed by atoms with Gasteiger partial charge in [-0.2, -0.15) is 4.31 Å². The lowest BCUT2D eigenvalue weighted by Gasteiger charge is -2.32. The third-order valence-corrected chi connectivity index (χ3v) is 7.32. The first-order chi connectivity index (χ1) is 11.6. The second-order valence-corrected chi connectivity index (χ2v) is 9.52. The van der Waals surface area contributed by atoms with Crippen LogP contribution in [0.15, 0.2) is 23.1 Å². The monoisotopic (exact) mass is 367 g/mol. The third kappa shape index (κ3) is 3.21. The molecule has 0 aromatic heterocycles. The van der Waals surface area contributed by atoms with Gasteiger partial charge in [0, 0.05) is 13.1 Å². The minimum absolute atomic E-state index is 0.170. The van der Waals surface area contributed by atoms with E-state index in [0.717, 1.165) is 12.8 Å². The van der Waals surface area contributed by atoms with Crippen LogP contribution in [0, 0.1) is 0 Å². The first kappa shape index (κ1) is 18.7. The summed E-state index contributed by atoms with van der Waals surface area (Å²) in [5.41, 5.74) is -0.283. The molecule has 0 unspecified atom stereocenters. The van der Waals surface area contributed by atoms with Crippen LogP contribution >= 0.6 is 0 Å². The second-order valence-electron chi connectivity index (χ2n) is 7.61. The molecule has 6 nitrogen and oxygen atoms in total. The molecule has 0 bridgehead atoms. The number of rotatable bonds is 4. The zero-order valence-corrected chi connectivity index (χ0v) is 16.4. The maximum Gasteiger partial charge on any atom is 0.494 e. The first-order valence-corrected chi connectivity index (χ1v) is 10.1. The van der Waals surface area contributed by atoms with E-state index in [-0.39, 0.29) is 4.90 Å². The Morgan fingerprint density at radius 3 is 2.16 bits per heavy atom. The van der Waals surface area contributed by atoms with Crippen molar-refractivity contribution in [3.63, 3.8) is 0 Å². The number of methoxy groups -OCH3 is 1. The summed E-state index contributed by atoms with van der Waals surface area (Å²) in [6.07, 6.45) is 1.77. The molecule has 0 radical (unpaired) electrons. The van der Waals surface area contributed by atoms with E-state index in [1.165, 1.54) is 11.4 Å². The average Bonchev–Trinajstić information content (AvgIpc) is 3.14. The molecule has 0 atom stereocenters. The van der Waals surface area contributed by atoms with Crippen molar-refractivity contribution in [1.82, 2.24) is 4.31 Å². The van der Waals surface area contributed by atoms with Crippen LogP contribution in [-0.2, 0) is 19.3 Å². The summed E-state index contributed by atoms with van der Waals surface area (Å²) < 4.78 is 44.9. The van der Waals surface area contributed by atoms with E-state index in [9.17, 15) is 8.42 Å². The van der Waals surface area contributed by atoms with Gasteiger partial charge in [-0.15, -0.1) is 0 Å². The number of hydrogen-bond donors (Lipinski definition) is 0. The van der Waals surface area contributed by atoms with Gasteiger partial charge >= 0.3 is 7.12 Å². The van der Waals surface area contributed by atoms with Crippen LogP contribution in [0.1, 0.15) is 40.5 Å². The van der Waals surface area contributed by atoms with Gasteiger partial charge in [0.25, 0.3) is 0 Å². The van der Waals surface area contributed by atoms with Crippen molar-refractivity contribution >= 4 is 22.6 Å². The molecular weight excluding hydrogens is 341 g/mol. The maximum absolute atomic E-state index is 13.0.